The summed E-state index contributed by atoms with van der Waals surface area (Å²) in [7, 11) is 0. The van der Waals surface area contributed by atoms with Gasteiger partial charge in [-0.15, -0.1) is 0 Å². The summed E-state index contributed by atoms with van der Waals surface area (Å²) in [4.78, 5) is 13.0. The molecule has 3 aliphatic rings. The average Bonchev–Trinajstić information content (AvgIpc) is 3.27. The second-order valence-electron chi connectivity index (χ2n) is 16.9. The number of amides is 1. The van der Waals surface area contributed by atoms with E-state index in [-0.39, 0.29) is 18.9 Å². The van der Waals surface area contributed by atoms with Crippen LogP contribution in [0.15, 0.2) is 12.2 Å². The van der Waals surface area contributed by atoms with Crippen LogP contribution in [-0.2, 0) is 33.2 Å². The molecular formula is C43H79NO18. The molecule has 17 atom stereocenters. The maximum atomic E-state index is 13.0. The van der Waals surface area contributed by atoms with Gasteiger partial charge in [-0.3, -0.25) is 4.79 Å². The van der Waals surface area contributed by atoms with Gasteiger partial charge in [0.05, 0.1) is 38.6 Å². The van der Waals surface area contributed by atoms with Crippen molar-refractivity contribution in [3.63, 3.8) is 0 Å². The standard InChI is InChI=1S/C43H79NO18/c1-3-5-7-9-10-11-12-13-14-15-16-17-19-21-31(49)44-26(27(48)20-18-8-6-4-2)25-57-41-37(55)34(52)39(29(23-46)59-41)62-43-38(56)35(53)40(30(24-47)60-43)61-42-36(54)33(51)32(50)28(22-45)58-42/h18,20,26-30,32-43,45-48,50-56H,3-17,19,21-25H2,1-2H3,(H,44,49)/b20-18+. The Morgan fingerprint density at radius 2 is 1.00 bits per heavy atom. The van der Waals surface area contributed by atoms with Crippen molar-refractivity contribution in [1.29, 1.82) is 0 Å². The summed E-state index contributed by atoms with van der Waals surface area (Å²) < 4.78 is 33.8. The van der Waals surface area contributed by atoms with Crippen molar-refractivity contribution in [3.8, 4) is 0 Å². The van der Waals surface area contributed by atoms with Crippen LogP contribution in [0.4, 0.5) is 0 Å². The summed E-state index contributed by atoms with van der Waals surface area (Å²) in [5.74, 6) is -0.287. The van der Waals surface area contributed by atoms with Crippen LogP contribution in [0.1, 0.15) is 123 Å². The SMILES string of the molecule is CCCC/C=C/C(O)C(COC1OC(CO)C(OC2OC(CO)C(OC3OC(CO)C(O)C(O)C3O)C(O)C2O)C(O)C1O)NC(=O)CCCCCCCCCCCCCCC. The van der Waals surface area contributed by atoms with E-state index in [0.717, 1.165) is 32.1 Å². The van der Waals surface area contributed by atoms with Gasteiger partial charge in [-0.1, -0.05) is 116 Å². The molecule has 19 nitrogen and oxygen atoms in total. The molecule has 3 aliphatic heterocycles. The van der Waals surface area contributed by atoms with E-state index >= 15 is 0 Å². The molecule has 3 heterocycles. The van der Waals surface area contributed by atoms with Gasteiger partial charge >= 0.3 is 0 Å². The van der Waals surface area contributed by atoms with E-state index in [9.17, 15) is 61.0 Å². The van der Waals surface area contributed by atoms with Crippen LogP contribution in [0.25, 0.3) is 0 Å². The zero-order chi connectivity index (χ0) is 45.6. The number of nitrogens with one attached hydrogen (secondary N) is 1. The van der Waals surface area contributed by atoms with Gasteiger partial charge in [0.2, 0.25) is 5.91 Å². The Labute approximate surface area is 365 Å². The third-order valence-electron chi connectivity index (χ3n) is 11.8. The molecule has 17 unspecified atom stereocenters. The van der Waals surface area contributed by atoms with Crippen molar-refractivity contribution in [2.45, 2.75) is 227 Å². The fourth-order valence-corrected chi connectivity index (χ4v) is 7.88. The van der Waals surface area contributed by atoms with Crippen LogP contribution in [0.5, 0.6) is 0 Å². The highest BCUT2D eigenvalue weighted by Gasteiger charge is 2.53. The van der Waals surface area contributed by atoms with Gasteiger partial charge in [0.25, 0.3) is 0 Å². The molecule has 0 radical (unpaired) electrons. The Hall–Kier alpha value is -1.47. The van der Waals surface area contributed by atoms with Crippen LogP contribution >= 0.6 is 0 Å². The van der Waals surface area contributed by atoms with Crippen LogP contribution < -0.4 is 5.32 Å². The van der Waals surface area contributed by atoms with E-state index in [4.69, 9.17) is 28.4 Å². The maximum Gasteiger partial charge on any atom is 0.220 e. The van der Waals surface area contributed by atoms with E-state index in [1.54, 1.807) is 6.08 Å². The third kappa shape index (κ3) is 17.1. The summed E-state index contributed by atoms with van der Waals surface area (Å²) >= 11 is 0. The van der Waals surface area contributed by atoms with Crippen LogP contribution in [0.2, 0.25) is 0 Å². The fourth-order valence-electron chi connectivity index (χ4n) is 7.88. The molecule has 0 aliphatic carbocycles. The molecule has 0 saturated carbocycles. The number of rotatable bonds is 30. The molecular weight excluding hydrogens is 818 g/mol. The summed E-state index contributed by atoms with van der Waals surface area (Å²) in [6.07, 6.45) is -5.34. The van der Waals surface area contributed by atoms with Gasteiger partial charge in [-0.25, -0.2) is 0 Å². The Bertz CT molecular complexity index is 1220. The summed E-state index contributed by atoms with van der Waals surface area (Å²) in [6.45, 7) is 1.49. The van der Waals surface area contributed by atoms with E-state index in [1.807, 2.05) is 13.0 Å². The Morgan fingerprint density at radius 3 is 1.50 bits per heavy atom. The topological polar surface area (TPSA) is 307 Å². The quantitative estimate of drug-likeness (QED) is 0.0320. The third-order valence-corrected chi connectivity index (χ3v) is 11.8. The van der Waals surface area contributed by atoms with Crippen LogP contribution in [-0.4, -0.2) is 193 Å². The smallest absolute Gasteiger partial charge is 0.220 e. The zero-order valence-electron chi connectivity index (χ0n) is 36.6. The number of allylic oxidation sites excluding steroid dienone is 1. The lowest BCUT2D eigenvalue weighted by molar-refractivity contribution is -0.379. The van der Waals surface area contributed by atoms with Crippen molar-refractivity contribution < 1.29 is 89.4 Å². The average molecular weight is 898 g/mol. The molecule has 12 N–H and O–H groups in total. The minimum absolute atomic E-state index is 0.245. The second kappa shape index (κ2) is 29.9. The predicted octanol–water partition coefficient (Wildman–Crippen LogP) is -0.475. The molecule has 0 aromatic rings. The van der Waals surface area contributed by atoms with Gasteiger partial charge in [-0.2, -0.15) is 0 Å². The molecule has 62 heavy (non-hydrogen) atoms. The number of ether oxygens (including phenoxy) is 6. The van der Waals surface area contributed by atoms with Crippen molar-refractivity contribution >= 4 is 5.91 Å². The highest BCUT2D eigenvalue weighted by atomic mass is 16.8. The number of hydrogen-bond acceptors (Lipinski definition) is 18. The van der Waals surface area contributed by atoms with Crippen molar-refractivity contribution in [1.82, 2.24) is 5.32 Å². The first-order chi connectivity index (χ1) is 29.8. The van der Waals surface area contributed by atoms with Crippen LogP contribution in [0.3, 0.4) is 0 Å². The highest BCUT2D eigenvalue weighted by molar-refractivity contribution is 5.76. The Kier molecular flexibility index (Phi) is 26.5. The van der Waals surface area contributed by atoms with Gasteiger partial charge in [0.15, 0.2) is 18.9 Å². The first kappa shape index (κ1) is 54.9. The van der Waals surface area contributed by atoms with Gasteiger partial charge in [0.1, 0.15) is 73.2 Å². The van der Waals surface area contributed by atoms with E-state index in [0.29, 0.717) is 12.8 Å². The van der Waals surface area contributed by atoms with E-state index < -0.39 is 124 Å². The Balaban J connectivity index is 1.54. The Morgan fingerprint density at radius 1 is 0.565 bits per heavy atom. The lowest BCUT2D eigenvalue weighted by Crippen LogP contribution is -2.66. The van der Waals surface area contributed by atoms with E-state index in [1.165, 1.54) is 57.8 Å². The number of carbonyl (C=O) groups is 1. The number of aliphatic hydroxyl groups is 11. The number of carbonyl (C=O) groups excluding carboxylic acids is 1. The molecule has 19 heteroatoms. The number of unbranched alkanes of at least 4 members (excludes halogenated alkanes) is 14. The lowest BCUT2D eigenvalue weighted by Gasteiger charge is -2.48. The molecule has 0 aromatic carbocycles. The lowest BCUT2D eigenvalue weighted by atomic mass is 9.96. The molecule has 0 spiro atoms. The van der Waals surface area contributed by atoms with Gasteiger partial charge in [-0.05, 0) is 12.8 Å². The molecule has 0 aromatic heterocycles. The molecule has 1 amide bonds. The monoisotopic (exact) mass is 898 g/mol. The molecule has 3 fully saturated rings. The van der Waals surface area contributed by atoms with E-state index in [2.05, 4.69) is 12.2 Å². The maximum absolute atomic E-state index is 13.0. The first-order valence-corrected chi connectivity index (χ1v) is 22.9. The van der Waals surface area contributed by atoms with Crippen LogP contribution in [0, 0.1) is 0 Å². The minimum Gasteiger partial charge on any atom is -0.394 e. The van der Waals surface area contributed by atoms with Gasteiger partial charge in [0, 0.05) is 6.42 Å². The van der Waals surface area contributed by atoms with Gasteiger partial charge < -0.3 is 89.9 Å². The minimum atomic E-state index is -1.97. The first-order valence-electron chi connectivity index (χ1n) is 22.9. The fraction of sp³-hybridized carbons (Fsp3) is 0.930. The van der Waals surface area contributed by atoms with Crippen molar-refractivity contribution in [2.24, 2.45) is 0 Å². The molecule has 3 rings (SSSR count). The summed E-state index contributed by atoms with van der Waals surface area (Å²) in [5.41, 5.74) is 0. The molecule has 0 bridgehead atoms. The molecule has 3 saturated heterocycles. The summed E-state index contributed by atoms with van der Waals surface area (Å²) in [6, 6.07) is -0.960. The van der Waals surface area contributed by atoms with Crippen molar-refractivity contribution in [2.75, 3.05) is 26.4 Å². The second-order valence-corrected chi connectivity index (χ2v) is 16.9. The normalized spacial score (nSPS) is 35.3. The predicted molar refractivity (Wildman–Crippen MR) is 222 cm³/mol. The van der Waals surface area contributed by atoms with Crippen molar-refractivity contribution in [3.05, 3.63) is 12.2 Å². The number of hydrogen-bond donors (Lipinski definition) is 12. The molecule has 364 valence electrons. The largest absolute Gasteiger partial charge is 0.394 e. The number of aliphatic hydroxyl groups excluding tert-OH is 11. The highest BCUT2D eigenvalue weighted by Crippen LogP contribution is 2.33. The summed E-state index contributed by atoms with van der Waals surface area (Å²) in [5, 5.41) is 119. The zero-order valence-corrected chi connectivity index (χ0v) is 36.6.